The highest BCUT2D eigenvalue weighted by molar-refractivity contribution is 5.84. The second-order valence-corrected chi connectivity index (χ2v) is 5.06. The van der Waals surface area contributed by atoms with E-state index in [2.05, 4.69) is 5.16 Å². The fraction of sp³-hybridized carbons (Fsp3) is 0.267. The van der Waals surface area contributed by atoms with Crippen LogP contribution in [0.1, 0.15) is 27.7 Å². The number of aromatic carboxylic acids is 1. The predicted octanol–water partition coefficient (Wildman–Crippen LogP) is 2.11. The molecule has 1 aliphatic heterocycles. The van der Waals surface area contributed by atoms with Crippen LogP contribution in [0.3, 0.4) is 0 Å². The Bertz CT molecular complexity index is 676. The number of hydrogen-bond acceptors (Lipinski definition) is 5. The molecule has 2 aromatic rings. The minimum absolute atomic E-state index is 0.0128. The van der Waals surface area contributed by atoms with Crippen molar-refractivity contribution < 1.29 is 24.0 Å². The third-order valence-corrected chi connectivity index (χ3v) is 3.50. The van der Waals surface area contributed by atoms with E-state index in [1.165, 1.54) is 6.07 Å². The van der Waals surface area contributed by atoms with E-state index in [9.17, 15) is 9.59 Å². The summed E-state index contributed by atoms with van der Waals surface area (Å²) in [6.45, 7) is 1.12. The lowest BCUT2D eigenvalue weighted by atomic mass is 9.97. The molecule has 7 heteroatoms. The first kappa shape index (κ1) is 14.1. The number of carboxylic acids is 1. The molecule has 1 aliphatic rings. The van der Waals surface area contributed by atoms with Crippen molar-refractivity contribution in [3.05, 3.63) is 53.4 Å². The smallest absolute Gasteiger partial charge is 0.410 e. The molecule has 0 aliphatic carbocycles. The number of aromatic nitrogens is 1. The lowest BCUT2D eigenvalue weighted by Crippen LogP contribution is -2.48. The van der Waals surface area contributed by atoms with Crippen LogP contribution in [-0.2, 0) is 11.3 Å². The Kier molecular flexibility index (Phi) is 3.78. The summed E-state index contributed by atoms with van der Waals surface area (Å²) in [6, 6.07) is 10.8. The molecule has 1 amide bonds. The quantitative estimate of drug-likeness (QED) is 0.929. The van der Waals surface area contributed by atoms with E-state index in [1.807, 2.05) is 30.3 Å². The summed E-state index contributed by atoms with van der Waals surface area (Å²) in [5.74, 6) is -1.36. The Morgan fingerprint density at radius 3 is 2.68 bits per heavy atom. The van der Waals surface area contributed by atoms with Gasteiger partial charge in [0.1, 0.15) is 6.61 Å². The Hall–Kier alpha value is -2.83. The van der Waals surface area contributed by atoms with Gasteiger partial charge in [0.25, 0.3) is 0 Å². The van der Waals surface area contributed by atoms with Crippen LogP contribution in [0.5, 0.6) is 0 Å². The Morgan fingerprint density at radius 1 is 1.32 bits per heavy atom. The third kappa shape index (κ3) is 2.93. The van der Waals surface area contributed by atoms with E-state index in [0.717, 1.165) is 5.56 Å². The van der Waals surface area contributed by atoms with Crippen molar-refractivity contribution in [1.29, 1.82) is 0 Å². The molecule has 2 heterocycles. The predicted molar refractivity (Wildman–Crippen MR) is 74.4 cm³/mol. The fourth-order valence-electron chi connectivity index (χ4n) is 2.21. The van der Waals surface area contributed by atoms with Crippen LogP contribution in [0.2, 0.25) is 0 Å². The number of likely N-dealkylation sites (tertiary alicyclic amines) is 1. The zero-order valence-electron chi connectivity index (χ0n) is 11.6. The van der Waals surface area contributed by atoms with E-state index in [1.54, 1.807) is 4.90 Å². The van der Waals surface area contributed by atoms with Gasteiger partial charge in [-0.05, 0) is 5.56 Å². The van der Waals surface area contributed by atoms with E-state index in [4.69, 9.17) is 14.4 Å². The largest absolute Gasteiger partial charge is 0.475 e. The molecule has 0 atom stereocenters. The Morgan fingerprint density at radius 2 is 2.05 bits per heavy atom. The van der Waals surface area contributed by atoms with Crippen LogP contribution >= 0.6 is 0 Å². The zero-order valence-corrected chi connectivity index (χ0v) is 11.6. The van der Waals surface area contributed by atoms with Gasteiger partial charge in [-0.2, -0.15) is 0 Å². The number of amides is 1. The van der Waals surface area contributed by atoms with Gasteiger partial charge in [-0.25, -0.2) is 9.59 Å². The molecule has 0 spiro atoms. The van der Waals surface area contributed by atoms with E-state index < -0.39 is 5.97 Å². The minimum Gasteiger partial charge on any atom is -0.475 e. The number of benzene rings is 1. The van der Waals surface area contributed by atoms with Gasteiger partial charge in [-0.15, -0.1) is 0 Å². The molecule has 0 radical (unpaired) electrons. The highest BCUT2D eigenvalue weighted by Gasteiger charge is 2.35. The van der Waals surface area contributed by atoms with E-state index in [-0.39, 0.29) is 24.4 Å². The van der Waals surface area contributed by atoms with E-state index in [0.29, 0.717) is 18.8 Å². The topological polar surface area (TPSA) is 92.9 Å². The van der Waals surface area contributed by atoms with Crippen LogP contribution in [0.15, 0.2) is 40.9 Å². The summed E-state index contributed by atoms with van der Waals surface area (Å²) in [4.78, 5) is 24.1. The number of carbonyl (C=O) groups excluding carboxylic acids is 1. The van der Waals surface area contributed by atoms with Crippen LogP contribution in [0.25, 0.3) is 0 Å². The second kappa shape index (κ2) is 5.88. The van der Waals surface area contributed by atoms with Crippen molar-refractivity contribution in [1.82, 2.24) is 10.1 Å². The van der Waals surface area contributed by atoms with Crippen molar-refractivity contribution in [2.45, 2.75) is 12.5 Å². The highest BCUT2D eigenvalue weighted by atomic mass is 16.6. The second-order valence-electron chi connectivity index (χ2n) is 5.06. The average Bonchev–Trinajstić information content (AvgIpc) is 2.94. The molecule has 0 unspecified atom stereocenters. The monoisotopic (exact) mass is 302 g/mol. The fourth-order valence-corrected chi connectivity index (χ4v) is 2.21. The summed E-state index contributed by atoms with van der Waals surface area (Å²) in [5, 5.41) is 12.5. The lowest BCUT2D eigenvalue weighted by Gasteiger charge is -2.36. The van der Waals surface area contributed by atoms with Crippen molar-refractivity contribution in [3.8, 4) is 0 Å². The van der Waals surface area contributed by atoms with Gasteiger partial charge in [0.05, 0.1) is 5.69 Å². The van der Waals surface area contributed by atoms with Crippen LogP contribution in [0.4, 0.5) is 4.79 Å². The summed E-state index contributed by atoms with van der Waals surface area (Å²) in [7, 11) is 0. The molecule has 1 N–H and O–H groups in total. The molecule has 1 fully saturated rings. The molecule has 0 saturated carbocycles. The molecule has 7 nitrogen and oxygen atoms in total. The molecule has 3 rings (SSSR count). The van der Waals surface area contributed by atoms with Crippen LogP contribution in [-0.4, -0.2) is 40.3 Å². The molecule has 114 valence electrons. The molecule has 22 heavy (non-hydrogen) atoms. The normalized spacial score (nSPS) is 14.5. The first-order valence-corrected chi connectivity index (χ1v) is 6.79. The molecule has 0 bridgehead atoms. The van der Waals surface area contributed by atoms with Gasteiger partial charge in [0, 0.05) is 25.1 Å². The van der Waals surface area contributed by atoms with Crippen LogP contribution < -0.4 is 0 Å². The van der Waals surface area contributed by atoms with Crippen molar-refractivity contribution in [3.63, 3.8) is 0 Å². The minimum atomic E-state index is -1.16. The molecule has 1 saturated heterocycles. The first-order chi connectivity index (χ1) is 10.6. The van der Waals surface area contributed by atoms with Gasteiger partial charge in [-0.1, -0.05) is 35.5 Å². The summed E-state index contributed by atoms with van der Waals surface area (Å²) in [5.41, 5.74) is 1.47. The summed E-state index contributed by atoms with van der Waals surface area (Å²) < 4.78 is 9.91. The zero-order chi connectivity index (χ0) is 15.5. The SMILES string of the molecule is O=C(O)c1cc(C2CN(C(=O)OCc3ccccc3)C2)no1. The average molecular weight is 302 g/mol. The number of rotatable bonds is 4. The van der Waals surface area contributed by atoms with Gasteiger partial charge >= 0.3 is 12.1 Å². The number of nitrogens with zero attached hydrogens (tertiary/aromatic N) is 2. The summed E-state index contributed by atoms with van der Waals surface area (Å²) >= 11 is 0. The van der Waals surface area contributed by atoms with Crippen molar-refractivity contribution in [2.24, 2.45) is 0 Å². The van der Waals surface area contributed by atoms with Gasteiger partial charge in [-0.3, -0.25) is 0 Å². The molecular weight excluding hydrogens is 288 g/mol. The molecular formula is C15H14N2O5. The standard InChI is InChI=1S/C15H14N2O5/c18-14(19)13-6-12(16-22-13)11-7-17(8-11)15(20)21-9-10-4-2-1-3-5-10/h1-6,11H,7-9H2,(H,18,19). The Balaban J connectivity index is 1.48. The van der Waals surface area contributed by atoms with Gasteiger partial charge in [0.15, 0.2) is 0 Å². The van der Waals surface area contributed by atoms with Gasteiger partial charge in [0.2, 0.25) is 5.76 Å². The van der Waals surface area contributed by atoms with Crippen LogP contribution in [0, 0.1) is 0 Å². The maximum absolute atomic E-state index is 11.9. The summed E-state index contributed by atoms with van der Waals surface area (Å²) in [6.07, 6.45) is -0.387. The Labute approximate surface area is 126 Å². The van der Waals surface area contributed by atoms with Crippen molar-refractivity contribution >= 4 is 12.1 Å². The first-order valence-electron chi connectivity index (χ1n) is 6.79. The number of carbonyl (C=O) groups is 2. The number of carboxylic acid groups (broad SMARTS) is 1. The molecule has 1 aromatic carbocycles. The number of hydrogen-bond donors (Lipinski definition) is 1. The number of ether oxygens (including phenoxy) is 1. The third-order valence-electron chi connectivity index (χ3n) is 3.50. The maximum atomic E-state index is 11.9. The highest BCUT2D eigenvalue weighted by Crippen LogP contribution is 2.27. The molecule has 1 aromatic heterocycles. The lowest BCUT2D eigenvalue weighted by molar-refractivity contribution is 0.0648. The van der Waals surface area contributed by atoms with Crippen molar-refractivity contribution in [2.75, 3.05) is 13.1 Å². The van der Waals surface area contributed by atoms with Gasteiger partial charge < -0.3 is 19.3 Å². The maximum Gasteiger partial charge on any atom is 0.410 e. The van der Waals surface area contributed by atoms with E-state index >= 15 is 0 Å².